The van der Waals surface area contributed by atoms with Crippen molar-refractivity contribution >= 4 is 0 Å². The molecule has 2 fully saturated rings. The average molecular weight is 197 g/mol. The van der Waals surface area contributed by atoms with E-state index in [1.165, 1.54) is 31.2 Å². The standard InChI is InChI=1S/C14H15N/c15-9-10-1-4-12(5-2-10)14-8-11-3-6-13(14)7-11/h1-2,4-5,11,13-14H,3,6-8H2/t11-,13-,14+/m0/s1. The van der Waals surface area contributed by atoms with Gasteiger partial charge in [0.2, 0.25) is 0 Å². The van der Waals surface area contributed by atoms with E-state index in [2.05, 4.69) is 18.2 Å². The lowest BCUT2D eigenvalue weighted by atomic mass is 9.83. The molecule has 0 heterocycles. The predicted octanol–water partition coefficient (Wildman–Crippen LogP) is 3.46. The summed E-state index contributed by atoms with van der Waals surface area (Å²) in [6.07, 6.45) is 5.72. The topological polar surface area (TPSA) is 23.8 Å². The van der Waals surface area contributed by atoms with E-state index in [1.54, 1.807) is 0 Å². The first-order valence-corrected chi connectivity index (χ1v) is 5.87. The van der Waals surface area contributed by atoms with Gasteiger partial charge in [-0.25, -0.2) is 0 Å². The lowest BCUT2D eigenvalue weighted by Crippen LogP contribution is -2.08. The Bertz CT molecular complexity index is 398. The third kappa shape index (κ3) is 1.45. The Hall–Kier alpha value is -1.29. The van der Waals surface area contributed by atoms with Crippen molar-refractivity contribution in [3.8, 4) is 6.07 Å². The van der Waals surface area contributed by atoms with Crippen molar-refractivity contribution in [2.75, 3.05) is 0 Å². The fourth-order valence-electron chi connectivity index (χ4n) is 3.46. The number of hydrogen-bond donors (Lipinski definition) is 0. The predicted molar refractivity (Wildman–Crippen MR) is 59.3 cm³/mol. The molecule has 1 nitrogen and oxygen atoms in total. The van der Waals surface area contributed by atoms with Gasteiger partial charge in [-0.3, -0.25) is 0 Å². The highest BCUT2D eigenvalue weighted by Crippen LogP contribution is 2.52. The molecule has 0 spiro atoms. The van der Waals surface area contributed by atoms with E-state index in [0.29, 0.717) is 0 Å². The molecule has 15 heavy (non-hydrogen) atoms. The second-order valence-corrected chi connectivity index (χ2v) is 5.02. The molecule has 0 N–H and O–H groups in total. The molecule has 2 aliphatic rings. The lowest BCUT2D eigenvalue weighted by molar-refractivity contribution is 0.420. The van der Waals surface area contributed by atoms with E-state index in [0.717, 1.165) is 23.3 Å². The SMILES string of the molecule is N#Cc1ccc([C@H]2C[C@H]3CC[C@H]2C3)cc1. The normalized spacial score (nSPS) is 32.9. The van der Waals surface area contributed by atoms with Crippen LogP contribution in [-0.2, 0) is 0 Å². The van der Waals surface area contributed by atoms with Gasteiger partial charge in [-0.05, 0) is 54.7 Å². The molecule has 0 aliphatic heterocycles. The van der Waals surface area contributed by atoms with Crippen LogP contribution in [-0.4, -0.2) is 0 Å². The van der Waals surface area contributed by atoms with Crippen LogP contribution in [0.2, 0.25) is 0 Å². The Labute approximate surface area is 90.7 Å². The zero-order valence-corrected chi connectivity index (χ0v) is 8.82. The zero-order chi connectivity index (χ0) is 10.3. The van der Waals surface area contributed by atoms with Crippen LogP contribution >= 0.6 is 0 Å². The molecule has 1 heteroatoms. The Kier molecular flexibility index (Phi) is 2.02. The van der Waals surface area contributed by atoms with Gasteiger partial charge in [0.1, 0.15) is 0 Å². The molecule has 0 unspecified atom stereocenters. The third-order valence-corrected chi connectivity index (χ3v) is 4.21. The molecular formula is C14H15N. The molecular weight excluding hydrogens is 182 g/mol. The van der Waals surface area contributed by atoms with Gasteiger partial charge in [0.05, 0.1) is 11.6 Å². The molecule has 0 amide bonds. The van der Waals surface area contributed by atoms with Crippen molar-refractivity contribution in [1.29, 1.82) is 5.26 Å². The largest absolute Gasteiger partial charge is 0.192 e. The van der Waals surface area contributed by atoms with Crippen molar-refractivity contribution < 1.29 is 0 Å². The Morgan fingerprint density at radius 1 is 1.07 bits per heavy atom. The smallest absolute Gasteiger partial charge is 0.0991 e. The van der Waals surface area contributed by atoms with Crippen molar-refractivity contribution in [3.05, 3.63) is 35.4 Å². The van der Waals surface area contributed by atoms with E-state index < -0.39 is 0 Å². The Morgan fingerprint density at radius 2 is 1.87 bits per heavy atom. The second-order valence-electron chi connectivity index (χ2n) is 5.02. The molecule has 1 aromatic rings. The van der Waals surface area contributed by atoms with E-state index in [4.69, 9.17) is 5.26 Å². The van der Waals surface area contributed by atoms with Crippen molar-refractivity contribution in [2.45, 2.75) is 31.6 Å². The van der Waals surface area contributed by atoms with Crippen LogP contribution in [0.3, 0.4) is 0 Å². The van der Waals surface area contributed by atoms with E-state index in [1.807, 2.05) is 12.1 Å². The van der Waals surface area contributed by atoms with Gasteiger partial charge in [-0.2, -0.15) is 5.26 Å². The van der Waals surface area contributed by atoms with Crippen LogP contribution < -0.4 is 0 Å². The first kappa shape index (κ1) is 8.97. The highest BCUT2D eigenvalue weighted by molar-refractivity contribution is 5.34. The summed E-state index contributed by atoms with van der Waals surface area (Å²) >= 11 is 0. The summed E-state index contributed by atoms with van der Waals surface area (Å²) in [6.45, 7) is 0. The third-order valence-electron chi connectivity index (χ3n) is 4.21. The monoisotopic (exact) mass is 197 g/mol. The van der Waals surface area contributed by atoms with Gasteiger partial charge >= 0.3 is 0 Å². The maximum absolute atomic E-state index is 8.75. The van der Waals surface area contributed by atoms with Crippen LogP contribution in [0.25, 0.3) is 0 Å². The molecule has 2 saturated carbocycles. The molecule has 0 radical (unpaired) electrons. The van der Waals surface area contributed by atoms with E-state index >= 15 is 0 Å². The first-order valence-electron chi connectivity index (χ1n) is 5.87. The summed E-state index contributed by atoms with van der Waals surface area (Å²) in [5.41, 5.74) is 2.24. The second kappa shape index (κ2) is 3.38. The minimum Gasteiger partial charge on any atom is -0.192 e. The number of nitrogens with zero attached hydrogens (tertiary/aromatic N) is 1. The van der Waals surface area contributed by atoms with Crippen LogP contribution in [0.15, 0.2) is 24.3 Å². The maximum atomic E-state index is 8.75. The average Bonchev–Trinajstić information content (AvgIpc) is 2.91. The zero-order valence-electron chi connectivity index (χ0n) is 8.82. The van der Waals surface area contributed by atoms with Crippen molar-refractivity contribution in [3.63, 3.8) is 0 Å². The summed E-state index contributed by atoms with van der Waals surface area (Å²) in [6, 6.07) is 10.4. The summed E-state index contributed by atoms with van der Waals surface area (Å²) in [5, 5.41) is 8.75. The molecule has 0 saturated heterocycles. The number of rotatable bonds is 1. The highest BCUT2D eigenvalue weighted by atomic mass is 14.4. The molecule has 3 atom stereocenters. The fraction of sp³-hybridized carbons (Fsp3) is 0.500. The molecule has 1 aromatic carbocycles. The van der Waals surface area contributed by atoms with E-state index in [-0.39, 0.29) is 0 Å². The number of benzene rings is 1. The van der Waals surface area contributed by atoms with Gasteiger partial charge in [0.25, 0.3) is 0 Å². The highest BCUT2D eigenvalue weighted by Gasteiger charge is 2.39. The van der Waals surface area contributed by atoms with Gasteiger partial charge in [0.15, 0.2) is 0 Å². The van der Waals surface area contributed by atoms with Gasteiger partial charge in [-0.1, -0.05) is 18.6 Å². The quantitative estimate of drug-likeness (QED) is 0.676. The maximum Gasteiger partial charge on any atom is 0.0991 e. The molecule has 76 valence electrons. The van der Waals surface area contributed by atoms with Gasteiger partial charge in [-0.15, -0.1) is 0 Å². The van der Waals surface area contributed by atoms with Crippen molar-refractivity contribution in [2.24, 2.45) is 11.8 Å². The van der Waals surface area contributed by atoms with E-state index in [9.17, 15) is 0 Å². The number of nitriles is 1. The van der Waals surface area contributed by atoms with Crippen molar-refractivity contribution in [1.82, 2.24) is 0 Å². The number of hydrogen-bond acceptors (Lipinski definition) is 1. The van der Waals surface area contributed by atoms with Crippen LogP contribution in [0.1, 0.15) is 42.7 Å². The minimum absolute atomic E-state index is 0.780. The minimum atomic E-state index is 0.780. The lowest BCUT2D eigenvalue weighted by Gasteiger charge is -2.21. The summed E-state index contributed by atoms with van der Waals surface area (Å²) in [5.74, 6) is 2.72. The number of fused-ring (bicyclic) bond motifs is 2. The molecule has 2 bridgehead atoms. The van der Waals surface area contributed by atoms with Crippen LogP contribution in [0.4, 0.5) is 0 Å². The molecule has 0 aromatic heterocycles. The first-order chi connectivity index (χ1) is 7.36. The Morgan fingerprint density at radius 3 is 2.40 bits per heavy atom. The summed E-state index contributed by atoms with van der Waals surface area (Å²) < 4.78 is 0. The molecule has 2 aliphatic carbocycles. The molecule has 3 rings (SSSR count). The summed E-state index contributed by atoms with van der Waals surface area (Å²) in [4.78, 5) is 0. The van der Waals surface area contributed by atoms with Gasteiger partial charge < -0.3 is 0 Å². The van der Waals surface area contributed by atoms with Crippen LogP contribution in [0.5, 0.6) is 0 Å². The van der Waals surface area contributed by atoms with Gasteiger partial charge in [0, 0.05) is 0 Å². The summed E-state index contributed by atoms with van der Waals surface area (Å²) in [7, 11) is 0. The fourth-order valence-corrected chi connectivity index (χ4v) is 3.46. The van der Waals surface area contributed by atoms with Crippen LogP contribution in [0, 0.1) is 23.2 Å². The Balaban J connectivity index is 1.85.